The zero-order valence-corrected chi connectivity index (χ0v) is 43.9. The largest absolute Gasteiger partial charge is 0.462 e. The average Bonchev–Trinajstić information content (AvgIpc) is 3.30. The molecule has 3 unspecified atom stereocenters. The highest BCUT2D eigenvalue weighted by Crippen LogP contribution is 2.18. The van der Waals surface area contributed by atoms with Crippen molar-refractivity contribution in [2.45, 2.75) is 334 Å². The van der Waals surface area contributed by atoms with Gasteiger partial charge >= 0.3 is 5.97 Å². The van der Waals surface area contributed by atoms with Gasteiger partial charge in [0.2, 0.25) is 5.91 Å². The fraction of sp³-hybridized carbons (Fsp3) is 0.898. The van der Waals surface area contributed by atoms with E-state index in [4.69, 9.17) is 4.74 Å². The molecule has 3 atom stereocenters. The normalized spacial score (nSPS) is 13.2. The third kappa shape index (κ3) is 48.6. The maximum absolute atomic E-state index is 13.3. The third-order valence-corrected chi connectivity index (χ3v) is 13.5. The first-order valence-corrected chi connectivity index (χ1v) is 29.1. The van der Waals surface area contributed by atoms with Crippen molar-refractivity contribution in [1.82, 2.24) is 5.32 Å². The molecule has 0 aliphatic heterocycles. The van der Waals surface area contributed by atoms with Gasteiger partial charge in [-0.25, -0.2) is 0 Å². The van der Waals surface area contributed by atoms with Crippen molar-refractivity contribution in [3.63, 3.8) is 0 Å². The number of carbonyl (C=O) groups is 2. The van der Waals surface area contributed by atoms with E-state index in [-0.39, 0.29) is 24.9 Å². The molecule has 0 aromatic carbocycles. The van der Waals surface area contributed by atoms with Crippen LogP contribution in [0.2, 0.25) is 0 Å². The average molecular weight is 917 g/mol. The summed E-state index contributed by atoms with van der Waals surface area (Å²) in [4.78, 5) is 26.3. The van der Waals surface area contributed by atoms with E-state index < -0.39 is 18.2 Å². The lowest BCUT2D eigenvalue weighted by Gasteiger charge is -2.24. The number of aliphatic hydroxyl groups excluding tert-OH is 2. The van der Waals surface area contributed by atoms with Crippen LogP contribution in [0.1, 0.15) is 316 Å². The molecule has 0 radical (unpaired) electrons. The minimum absolute atomic E-state index is 0.0700. The number of esters is 1. The Morgan fingerprint density at radius 2 is 0.738 bits per heavy atom. The van der Waals surface area contributed by atoms with E-state index in [2.05, 4.69) is 50.4 Å². The van der Waals surface area contributed by atoms with E-state index in [0.717, 1.165) is 57.8 Å². The second-order valence-corrected chi connectivity index (χ2v) is 20.0. The highest BCUT2D eigenvalue weighted by atomic mass is 16.5. The molecule has 6 nitrogen and oxygen atoms in total. The second kappa shape index (κ2) is 53.3. The highest BCUT2D eigenvalue weighted by Gasteiger charge is 2.24. The Kier molecular flexibility index (Phi) is 51.9. The van der Waals surface area contributed by atoms with Crippen LogP contribution >= 0.6 is 0 Å². The highest BCUT2D eigenvalue weighted by molar-refractivity contribution is 5.77. The smallest absolute Gasteiger partial charge is 0.306 e. The Morgan fingerprint density at radius 3 is 1.11 bits per heavy atom. The van der Waals surface area contributed by atoms with E-state index in [0.29, 0.717) is 19.3 Å². The van der Waals surface area contributed by atoms with Crippen molar-refractivity contribution in [2.75, 3.05) is 6.61 Å². The second-order valence-electron chi connectivity index (χ2n) is 20.0. The zero-order valence-electron chi connectivity index (χ0n) is 43.9. The van der Waals surface area contributed by atoms with E-state index >= 15 is 0 Å². The number of unbranched alkanes of at least 4 members (excludes halogenated alkanes) is 37. The van der Waals surface area contributed by atoms with Crippen LogP contribution in [0, 0.1) is 0 Å². The van der Waals surface area contributed by atoms with Crippen LogP contribution in [-0.2, 0) is 14.3 Å². The molecular weight excluding hydrogens is 803 g/mol. The van der Waals surface area contributed by atoms with Gasteiger partial charge in [0.1, 0.15) is 6.10 Å². The maximum Gasteiger partial charge on any atom is 0.306 e. The summed E-state index contributed by atoms with van der Waals surface area (Å²) >= 11 is 0. The Morgan fingerprint density at radius 1 is 0.431 bits per heavy atom. The van der Waals surface area contributed by atoms with Gasteiger partial charge in [0, 0.05) is 6.42 Å². The topological polar surface area (TPSA) is 95.9 Å². The summed E-state index contributed by atoms with van der Waals surface area (Å²) in [6, 6.07) is -0.704. The Balaban J connectivity index is 4.56. The van der Waals surface area contributed by atoms with Crippen molar-refractivity contribution in [3.8, 4) is 0 Å². The zero-order chi connectivity index (χ0) is 47.4. The molecule has 3 N–H and O–H groups in total. The van der Waals surface area contributed by atoms with Crippen LogP contribution in [-0.4, -0.2) is 46.9 Å². The number of hydrogen-bond donors (Lipinski definition) is 3. The third-order valence-electron chi connectivity index (χ3n) is 13.5. The molecule has 6 heteroatoms. The monoisotopic (exact) mass is 916 g/mol. The van der Waals surface area contributed by atoms with Crippen LogP contribution in [0.15, 0.2) is 24.3 Å². The van der Waals surface area contributed by atoms with E-state index in [1.54, 1.807) is 0 Å². The maximum atomic E-state index is 13.3. The minimum Gasteiger partial charge on any atom is -0.462 e. The molecule has 0 rings (SSSR count). The van der Waals surface area contributed by atoms with E-state index in [9.17, 15) is 19.8 Å². The molecule has 0 saturated heterocycles. The van der Waals surface area contributed by atoms with Crippen LogP contribution in [0.25, 0.3) is 0 Å². The van der Waals surface area contributed by atoms with Crippen molar-refractivity contribution in [2.24, 2.45) is 0 Å². The lowest BCUT2D eigenvalue weighted by atomic mass is 10.0. The number of allylic oxidation sites excluding steroid dienone is 4. The lowest BCUT2D eigenvalue weighted by Crippen LogP contribution is -2.46. The first kappa shape index (κ1) is 63.3. The molecule has 0 spiro atoms. The summed E-state index contributed by atoms with van der Waals surface area (Å²) in [6.45, 7) is 6.51. The number of rotatable bonds is 53. The molecule has 65 heavy (non-hydrogen) atoms. The molecule has 0 aromatic rings. The first-order chi connectivity index (χ1) is 32.0. The summed E-state index contributed by atoms with van der Waals surface area (Å²) in [7, 11) is 0. The minimum atomic E-state index is -0.789. The quantitative estimate of drug-likeness (QED) is 0.0321. The van der Waals surface area contributed by atoms with Crippen molar-refractivity contribution >= 4 is 11.9 Å². The fourth-order valence-electron chi connectivity index (χ4n) is 9.07. The molecule has 0 heterocycles. The predicted octanol–water partition coefficient (Wildman–Crippen LogP) is 17.9. The van der Waals surface area contributed by atoms with Gasteiger partial charge in [0.05, 0.1) is 25.2 Å². The standard InChI is InChI=1S/C59H113NO5/c1-4-7-10-13-16-19-22-25-27-29-31-34-37-40-43-46-49-52-59(64)65-55(50-47-44-41-38-35-33-30-28-26-23-20-17-14-11-8-5-2)53-58(63)60-56(54-61)57(62)51-48-45-42-39-36-32-24-21-18-15-12-9-6-3/h25,27,33,35,55-57,61-62H,4-24,26,28-32,34,36-54H2,1-3H3,(H,60,63)/b27-25+,35-33+. The number of aliphatic hydroxyl groups is 2. The number of ether oxygens (including phenoxy) is 1. The van der Waals surface area contributed by atoms with E-state index in [1.807, 2.05) is 0 Å². The van der Waals surface area contributed by atoms with Crippen LogP contribution < -0.4 is 5.32 Å². The summed E-state index contributed by atoms with van der Waals surface area (Å²) in [5.41, 5.74) is 0. The summed E-state index contributed by atoms with van der Waals surface area (Å²) in [6.07, 6.45) is 62.4. The van der Waals surface area contributed by atoms with Crippen molar-refractivity contribution in [3.05, 3.63) is 24.3 Å². The number of hydrogen-bond acceptors (Lipinski definition) is 5. The molecule has 0 aromatic heterocycles. The van der Waals surface area contributed by atoms with Gasteiger partial charge in [0.15, 0.2) is 0 Å². The summed E-state index contributed by atoms with van der Waals surface area (Å²) < 4.78 is 5.96. The molecule has 1 amide bonds. The first-order valence-electron chi connectivity index (χ1n) is 29.1. The van der Waals surface area contributed by atoms with Gasteiger partial charge in [-0.3, -0.25) is 9.59 Å². The Labute approximate surface area is 405 Å². The van der Waals surface area contributed by atoms with Gasteiger partial charge in [-0.1, -0.05) is 251 Å². The number of carbonyl (C=O) groups excluding carboxylic acids is 2. The van der Waals surface area contributed by atoms with Gasteiger partial charge in [-0.2, -0.15) is 0 Å². The SMILES string of the molecule is CCCCCCCC/C=C/CCCCCCCCCC(=O)OC(CCCCC/C=C/CCCCCCCCCCC)CC(=O)NC(CO)C(O)CCCCCCCCCCCCCCC. The number of nitrogens with one attached hydrogen (secondary N) is 1. The van der Waals surface area contributed by atoms with Crippen LogP contribution in [0.3, 0.4) is 0 Å². The summed E-state index contributed by atoms with van der Waals surface area (Å²) in [5, 5.41) is 23.9. The molecule has 0 saturated carbocycles. The predicted molar refractivity (Wildman–Crippen MR) is 283 cm³/mol. The Bertz CT molecular complexity index is 1030. The van der Waals surface area contributed by atoms with E-state index in [1.165, 1.54) is 212 Å². The molecule has 0 bridgehead atoms. The van der Waals surface area contributed by atoms with Gasteiger partial charge < -0.3 is 20.3 Å². The van der Waals surface area contributed by atoms with Crippen molar-refractivity contribution < 1.29 is 24.5 Å². The van der Waals surface area contributed by atoms with Crippen molar-refractivity contribution in [1.29, 1.82) is 0 Å². The Hall–Kier alpha value is -1.66. The van der Waals surface area contributed by atoms with Gasteiger partial charge in [-0.15, -0.1) is 0 Å². The molecule has 0 aliphatic rings. The molecule has 0 aliphatic carbocycles. The van der Waals surface area contributed by atoms with Crippen LogP contribution in [0.4, 0.5) is 0 Å². The van der Waals surface area contributed by atoms with Crippen LogP contribution in [0.5, 0.6) is 0 Å². The summed E-state index contributed by atoms with van der Waals surface area (Å²) in [5.74, 6) is -0.477. The molecule has 0 fully saturated rings. The lowest BCUT2D eigenvalue weighted by molar-refractivity contribution is -0.151. The van der Waals surface area contributed by atoms with Gasteiger partial charge in [0.25, 0.3) is 0 Å². The van der Waals surface area contributed by atoms with Gasteiger partial charge in [-0.05, 0) is 77.0 Å². The number of amides is 1. The molecular formula is C59H113NO5. The molecule has 384 valence electrons. The fourth-order valence-corrected chi connectivity index (χ4v) is 9.07.